The second-order valence-electron chi connectivity index (χ2n) is 9.74. The molecule has 40 heavy (non-hydrogen) atoms. The number of esters is 2. The number of benzene rings is 3. The topological polar surface area (TPSA) is 130 Å². The van der Waals surface area contributed by atoms with Gasteiger partial charge < -0.3 is 23.9 Å². The minimum absolute atomic E-state index is 0.0399. The number of nitrogens with zero attached hydrogens (tertiary/aromatic N) is 1. The fraction of sp³-hybridized carbons (Fsp3) is 0.241. The first-order chi connectivity index (χ1) is 19.1. The van der Waals surface area contributed by atoms with Crippen molar-refractivity contribution >= 4 is 44.5 Å². The zero-order valence-corrected chi connectivity index (χ0v) is 23.4. The van der Waals surface area contributed by atoms with Crippen LogP contribution >= 0.6 is 15.9 Å². The number of nitro benzene ring substituents is 1. The number of nitrogens with one attached hydrogen (secondary N) is 1. The Morgan fingerprint density at radius 3 is 2.50 bits per heavy atom. The molecule has 1 aliphatic heterocycles. The van der Waals surface area contributed by atoms with Crippen molar-refractivity contribution in [3.63, 3.8) is 0 Å². The quantitative estimate of drug-likeness (QED) is 0.111. The molecule has 1 fully saturated rings. The number of methoxy groups -OCH3 is 1. The Hall–Kier alpha value is -4.38. The predicted octanol–water partition coefficient (Wildman–Crippen LogP) is 6.01. The highest BCUT2D eigenvalue weighted by atomic mass is 79.9. The summed E-state index contributed by atoms with van der Waals surface area (Å²) in [5.74, 6) is -4.15. The van der Waals surface area contributed by atoms with Crippen LogP contribution in [-0.4, -0.2) is 34.7 Å². The highest BCUT2D eigenvalue weighted by Gasteiger charge is 2.49. The number of non-ortho nitro benzene ring substituents is 1. The van der Waals surface area contributed by atoms with Crippen LogP contribution in [0.2, 0.25) is 0 Å². The van der Waals surface area contributed by atoms with E-state index in [1.54, 1.807) is 30.5 Å². The minimum atomic E-state index is -1.38. The third kappa shape index (κ3) is 5.24. The van der Waals surface area contributed by atoms with E-state index in [1.165, 1.54) is 33.1 Å². The fourth-order valence-corrected chi connectivity index (χ4v) is 5.45. The normalized spacial score (nSPS) is 15.8. The number of rotatable bonds is 8. The molecule has 206 valence electrons. The highest BCUT2D eigenvalue weighted by Crippen LogP contribution is 2.45. The maximum atomic E-state index is 13.3. The molecular weight excluding hydrogens is 584 g/mol. The smallest absolute Gasteiger partial charge is 0.324 e. The van der Waals surface area contributed by atoms with Crippen molar-refractivity contribution in [1.82, 2.24) is 4.98 Å². The lowest BCUT2D eigenvalue weighted by molar-refractivity contribution is -0.384. The number of carbonyl (C=O) groups excluding carboxylic acids is 2. The Bertz CT molecular complexity index is 1610. The largest absolute Gasteiger partial charge is 0.493 e. The molecule has 3 aromatic carbocycles. The number of ether oxygens (including phenoxy) is 4. The number of halogens is 1. The molecule has 0 unspecified atom stereocenters. The Kier molecular flexibility index (Phi) is 7.24. The van der Waals surface area contributed by atoms with Gasteiger partial charge in [0.25, 0.3) is 11.5 Å². The third-order valence-corrected chi connectivity index (χ3v) is 7.19. The summed E-state index contributed by atoms with van der Waals surface area (Å²) in [5, 5.41) is 12.0. The summed E-state index contributed by atoms with van der Waals surface area (Å²) in [7, 11) is 1.47. The molecule has 1 N–H and O–H groups in total. The molecule has 4 aromatic rings. The van der Waals surface area contributed by atoms with Gasteiger partial charge in [0.05, 0.1) is 16.5 Å². The molecule has 2 heterocycles. The van der Waals surface area contributed by atoms with Crippen LogP contribution in [0, 0.1) is 16.0 Å². The monoisotopic (exact) mass is 608 g/mol. The fourth-order valence-electron chi connectivity index (χ4n) is 4.88. The van der Waals surface area contributed by atoms with E-state index in [9.17, 15) is 19.7 Å². The van der Waals surface area contributed by atoms with Crippen LogP contribution in [0.1, 0.15) is 36.5 Å². The lowest BCUT2D eigenvalue weighted by atomic mass is 9.80. The number of nitro groups is 1. The van der Waals surface area contributed by atoms with Crippen LogP contribution in [-0.2, 0) is 25.7 Å². The number of fused-ring (bicyclic) bond motifs is 1. The van der Waals surface area contributed by atoms with Crippen LogP contribution in [0.5, 0.6) is 11.5 Å². The maximum absolute atomic E-state index is 13.3. The molecular formula is C29H25BrN2O8. The lowest BCUT2D eigenvalue weighted by Crippen LogP contribution is -2.48. The average molecular weight is 609 g/mol. The Balaban J connectivity index is 1.57. The van der Waals surface area contributed by atoms with Gasteiger partial charge in [-0.25, -0.2) is 0 Å². The molecule has 5 rings (SSSR count). The maximum Gasteiger partial charge on any atom is 0.324 e. The predicted molar refractivity (Wildman–Crippen MR) is 148 cm³/mol. The first-order valence-electron chi connectivity index (χ1n) is 12.3. The van der Waals surface area contributed by atoms with Crippen LogP contribution < -0.4 is 9.47 Å². The van der Waals surface area contributed by atoms with Gasteiger partial charge >= 0.3 is 11.9 Å². The summed E-state index contributed by atoms with van der Waals surface area (Å²) in [6.07, 6.45) is 1.77. The van der Waals surface area contributed by atoms with Crippen LogP contribution in [0.4, 0.5) is 5.69 Å². The molecule has 0 amide bonds. The summed E-state index contributed by atoms with van der Waals surface area (Å²) in [4.78, 5) is 40.4. The standard InChI is InChI=1S/C29H25BrN2O8/c1-29(2)39-27(33)25(28(34)40-29)24(20-14-31-22-10-5-4-9-19(20)22)17-12-21(30)26(23(13-17)37-3)38-15-16-7-6-8-18(11-16)32(35)36/h4-14,24-25,31H,15H2,1-3H3/t24-/m0/s1. The van der Waals surface area contributed by atoms with Gasteiger partial charge in [-0.1, -0.05) is 30.3 Å². The lowest BCUT2D eigenvalue weighted by Gasteiger charge is -2.36. The van der Waals surface area contributed by atoms with Crippen molar-refractivity contribution in [2.45, 2.75) is 32.2 Å². The second kappa shape index (κ2) is 10.6. The van der Waals surface area contributed by atoms with Crippen molar-refractivity contribution in [3.05, 3.63) is 98.1 Å². The van der Waals surface area contributed by atoms with Gasteiger partial charge in [0.15, 0.2) is 17.4 Å². The van der Waals surface area contributed by atoms with Gasteiger partial charge in [-0.2, -0.15) is 0 Å². The first-order valence-corrected chi connectivity index (χ1v) is 13.1. The van der Waals surface area contributed by atoms with Crippen LogP contribution in [0.15, 0.2) is 71.3 Å². The molecule has 0 aliphatic carbocycles. The van der Waals surface area contributed by atoms with Gasteiger partial charge in [0.1, 0.15) is 6.61 Å². The number of para-hydroxylation sites is 1. The van der Waals surface area contributed by atoms with Crippen molar-refractivity contribution in [3.8, 4) is 11.5 Å². The SMILES string of the molecule is COc1cc([C@@H](c2c[nH]c3ccccc23)C2C(=O)OC(C)(C)OC2=O)cc(Br)c1OCc1cccc([N+](=O)[O-])c1. The number of aromatic nitrogens is 1. The molecule has 0 saturated carbocycles. The second-order valence-corrected chi connectivity index (χ2v) is 10.6. The summed E-state index contributed by atoms with van der Waals surface area (Å²) in [6.45, 7) is 3.05. The van der Waals surface area contributed by atoms with E-state index in [0.29, 0.717) is 32.7 Å². The molecule has 11 heteroatoms. The number of hydrogen-bond acceptors (Lipinski definition) is 8. The summed E-state index contributed by atoms with van der Waals surface area (Å²) < 4.78 is 23.1. The van der Waals surface area contributed by atoms with E-state index >= 15 is 0 Å². The molecule has 1 aromatic heterocycles. The number of hydrogen-bond donors (Lipinski definition) is 1. The molecule has 0 bridgehead atoms. The molecule has 1 aliphatic rings. The van der Waals surface area contributed by atoms with Gasteiger partial charge in [0, 0.05) is 49.0 Å². The average Bonchev–Trinajstić information content (AvgIpc) is 3.33. The summed E-state index contributed by atoms with van der Waals surface area (Å²) in [6, 6.07) is 17.1. The van der Waals surface area contributed by atoms with E-state index in [1.807, 2.05) is 24.3 Å². The highest BCUT2D eigenvalue weighted by molar-refractivity contribution is 9.10. The van der Waals surface area contributed by atoms with Crippen molar-refractivity contribution in [1.29, 1.82) is 0 Å². The Morgan fingerprint density at radius 1 is 1.07 bits per heavy atom. The summed E-state index contributed by atoms with van der Waals surface area (Å²) >= 11 is 3.55. The zero-order valence-electron chi connectivity index (χ0n) is 21.8. The van der Waals surface area contributed by atoms with Crippen molar-refractivity contribution in [2.75, 3.05) is 7.11 Å². The molecule has 1 saturated heterocycles. The number of carbonyl (C=O) groups is 2. The molecule has 1 atom stereocenters. The Labute approximate surface area is 237 Å². The van der Waals surface area contributed by atoms with E-state index in [2.05, 4.69) is 20.9 Å². The third-order valence-electron chi connectivity index (χ3n) is 6.61. The van der Waals surface area contributed by atoms with Gasteiger partial charge in [0.2, 0.25) is 0 Å². The zero-order chi connectivity index (χ0) is 28.6. The van der Waals surface area contributed by atoms with E-state index in [0.717, 1.165) is 10.9 Å². The summed E-state index contributed by atoms with van der Waals surface area (Å²) in [5.41, 5.74) is 2.67. The molecule has 10 nitrogen and oxygen atoms in total. The van der Waals surface area contributed by atoms with Crippen LogP contribution in [0.25, 0.3) is 10.9 Å². The van der Waals surface area contributed by atoms with Crippen molar-refractivity contribution in [2.24, 2.45) is 5.92 Å². The molecule has 0 spiro atoms. The van der Waals surface area contributed by atoms with E-state index in [-0.39, 0.29) is 12.3 Å². The van der Waals surface area contributed by atoms with E-state index < -0.39 is 34.5 Å². The number of H-pyrrole nitrogens is 1. The number of cyclic esters (lactones) is 2. The van der Waals surface area contributed by atoms with Crippen LogP contribution in [0.3, 0.4) is 0 Å². The Morgan fingerprint density at radius 2 is 1.80 bits per heavy atom. The minimum Gasteiger partial charge on any atom is -0.493 e. The van der Waals surface area contributed by atoms with Crippen molar-refractivity contribution < 1.29 is 33.5 Å². The van der Waals surface area contributed by atoms with Gasteiger partial charge in [-0.05, 0) is 50.8 Å². The van der Waals surface area contributed by atoms with E-state index in [4.69, 9.17) is 18.9 Å². The van der Waals surface area contributed by atoms with Gasteiger partial charge in [-0.3, -0.25) is 19.7 Å². The first kappa shape index (κ1) is 27.2. The molecule has 0 radical (unpaired) electrons. The number of aromatic amines is 1. The van der Waals surface area contributed by atoms with Gasteiger partial charge in [-0.15, -0.1) is 0 Å².